The third-order valence-corrected chi connectivity index (χ3v) is 3.43. The van der Waals surface area contributed by atoms with E-state index in [2.05, 4.69) is 23.2 Å². The molecule has 1 unspecified atom stereocenters. The number of anilines is 1. The summed E-state index contributed by atoms with van der Waals surface area (Å²) in [5.41, 5.74) is 1.01. The van der Waals surface area contributed by atoms with Crippen molar-refractivity contribution in [3.8, 4) is 6.07 Å². The molecular weight excluding hydrogens is 241 g/mol. The molecule has 1 aromatic rings. The number of hydrogen-bond donors (Lipinski definition) is 1. The van der Waals surface area contributed by atoms with Gasteiger partial charge in [-0.05, 0) is 50.5 Å². The van der Waals surface area contributed by atoms with Gasteiger partial charge in [0.2, 0.25) is 0 Å². The zero-order chi connectivity index (χ0) is 13.7. The summed E-state index contributed by atoms with van der Waals surface area (Å²) in [6.45, 7) is 3.73. The molecule has 2 rings (SSSR count). The molecule has 1 N–H and O–H groups in total. The van der Waals surface area contributed by atoms with Crippen LogP contribution in [-0.2, 0) is 0 Å². The highest BCUT2D eigenvalue weighted by Gasteiger charge is 2.24. The standard InChI is InChI=1S/C15H20FN3/c1-2-19(15-7-3-12(16)4-8-15)10-9-14(11-17)18-13-5-6-13/h3-4,7-8,13-14,18H,2,5-6,9-10H2,1H3. The second-order valence-corrected chi connectivity index (χ2v) is 4.97. The van der Waals surface area contributed by atoms with Crippen LogP contribution in [0, 0.1) is 17.1 Å². The molecule has 1 aromatic carbocycles. The lowest BCUT2D eigenvalue weighted by Crippen LogP contribution is -2.34. The van der Waals surface area contributed by atoms with Crippen LogP contribution >= 0.6 is 0 Å². The summed E-state index contributed by atoms with van der Waals surface area (Å²) in [6.07, 6.45) is 3.17. The summed E-state index contributed by atoms with van der Waals surface area (Å²) in [5, 5.41) is 12.4. The zero-order valence-electron chi connectivity index (χ0n) is 11.3. The molecule has 102 valence electrons. The Kier molecular flexibility index (Phi) is 4.75. The molecule has 1 aliphatic carbocycles. The fourth-order valence-electron chi connectivity index (χ4n) is 2.13. The van der Waals surface area contributed by atoms with E-state index in [9.17, 15) is 4.39 Å². The average molecular weight is 261 g/mol. The van der Waals surface area contributed by atoms with Crippen molar-refractivity contribution in [1.29, 1.82) is 5.26 Å². The molecule has 4 heteroatoms. The number of halogens is 1. The first-order valence-electron chi connectivity index (χ1n) is 6.89. The van der Waals surface area contributed by atoms with Gasteiger partial charge in [0, 0.05) is 24.8 Å². The van der Waals surface area contributed by atoms with Gasteiger partial charge < -0.3 is 4.90 Å². The maximum atomic E-state index is 12.9. The molecule has 1 atom stereocenters. The Labute approximate surface area is 114 Å². The summed E-state index contributed by atoms with van der Waals surface area (Å²) in [6, 6.07) is 9.30. The molecule has 0 saturated heterocycles. The predicted molar refractivity (Wildman–Crippen MR) is 74.5 cm³/mol. The lowest BCUT2D eigenvalue weighted by Gasteiger charge is -2.24. The molecule has 1 saturated carbocycles. The van der Waals surface area contributed by atoms with Crippen LogP contribution in [0.15, 0.2) is 24.3 Å². The quantitative estimate of drug-likeness (QED) is 0.820. The summed E-state index contributed by atoms with van der Waals surface area (Å²) in [4.78, 5) is 2.17. The van der Waals surface area contributed by atoms with Gasteiger partial charge in [0.15, 0.2) is 0 Å². The first kappa shape index (κ1) is 13.8. The van der Waals surface area contributed by atoms with Crippen LogP contribution < -0.4 is 10.2 Å². The van der Waals surface area contributed by atoms with Crippen molar-refractivity contribution in [3.05, 3.63) is 30.1 Å². The first-order valence-corrected chi connectivity index (χ1v) is 6.89. The molecule has 1 fully saturated rings. The first-order chi connectivity index (χ1) is 9.22. The van der Waals surface area contributed by atoms with E-state index in [1.165, 1.54) is 25.0 Å². The Hall–Kier alpha value is -1.60. The van der Waals surface area contributed by atoms with Crippen LogP contribution in [0.2, 0.25) is 0 Å². The van der Waals surface area contributed by atoms with E-state index in [4.69, 9.17) is 5.26 Å². The van der Waals surface area contributed by atoms with E-state index in [0.717, 1.165) is 25.2 Å². The predicted octanol–water partition coefficient (Wildman–Crippen LogP) is 2.69. The molecule has 0 heterocycles. The number of rotatable bonds is 7. The molecular formula is C15H20FN3. The van der Waals surface area contributed by atoms with Gasteiger partial charge in [0.25, 0.3) is 0 Å². The topological polar surface area (TPSA) is 39.1 Å². The number of nitrogens with one attached hydrogen (secondary N) is 1. The van der Waals surface area contributed by atoms with Crippen molar-refractivity contribution in [3.63, 3.8) is 0 Å². The molecule has 0 spiro atoms. The molecule has 0 aliphatic heterocycles. The lowest BCUT2D eigenvalue weighted by molar-refractivity contribution is 0.556. The largest absolute Gasteiger partial charge is 0.372 e. The van der Waals surface area contributed by atoms with Gasteiger partial charge >= 0.3 is 0 Å². The zero-order valence-corrected chi connectivity index (χ0v) is 11.3. The minimum Gasteiger partial charge on any atom is -0.372 e. The van der Waals surface area contributed by atoms with Crippen LogP contribution in [0.25, 0.3) is 0 Å². The highest BCUT2D eigenvalue weighted by Crippen LogP contribution is 2.20. The van der Waals surface area contributed by atoms with Gasteiger partial charge in [-0.1, -0.05) is 0 Å². The lowest BCUT2D eigenvalue weighted by atomic mass is 10.2. The Morgan fingerprint density at radius 3 is 2.63 bits per heavy atom. The highest BCUT2D eigenvalue weighted by atomic mass is 19.1. The van der Waals surface area contributed by atoms with Gasteiger partial charge in [0.05, 0.1) is 12.1 Å². The van der Waals surface area contributed by atoms with E-state index in [-0.39, 0.29) is 11.9 Å². The molecule has 3 nitrogen and oxygen atoms in total. The van der Waals surface area contributed by atoms with Crippen LogP contribution in [0.1, 0.15) is 26.2 Å². The van der Waals surface area contributed by atoms with Crippen molar-refractivity contribution in [2.45, 2.75) is 38.3 Å². The Bertz CT molecular complexity index is 434. The SMILES string of the molecule is CCN(CCC(C#N)NC1CC1)c1ccc(F)cc1. The van der Waals surface area contributed by atoms with Gasteiger partial charge in [-0.3, -0.25) is 5.32 Å². The molecule has 0 bridgehead atoms. The molecule has 0 aromatic heterocycles. The maximum absolute atomic E-state index is 12.9. The van der Waals surface area contributed by atoms with Crippen LogP contribution in [0.3, 0.4) is 0 Å². The molecule has 19 heavy (non-hydrogen) atoms. The van der Waals surface area contributed by atoms with Gasteiger partial charge in [-0.25, -0.2) is 4.39 Å². The van der Waals surface area contributed by atoms with E-state index in [1.54, 1.807) is 12.1 Å². The van der Waals surface area contributed by atoms with Crippen molar-refractivity contribution in [2.24, 2.45) is 0 Å². The third-order valence-electron chi connectivity index (χ3n) is 3.43. The van der Waals surface area contributed by atoms with Crippen molar-refractivity contribution >= 4 is 5.69 Å². The Morgan fingerprint density at radius 2 is 2.11 bits per heavy atom. The van der Waals surface area contributed by atoms with E-state index >= 15 is 0 Å². The fraction of sp³-hybridized carbons (Fsp3) is 0.533. The number of nitriles is 1. The second kappa shape index (κ2) is 6.53. The fourth-order valence-corrected chi connectivity index (χ4v) is 2.13. The van der Waals surface area contributed by atoms with Gasteiger partial charge in [-0.15, -0.1) is 0 Å². The number of nitrogens with zero attached hydrogens (tertiary/aromatic N) is 2. The summed E-state index contributed by atoms with van der Waals surface area (Å²) in [5.74, 6) is -0.217. The van der Waals surface area contributed by atoms with Crippen LogP contribution in [0.5, 0.6) is 0 Å². The second-order valence-electron chi connectivity index (χ2n) is 4.97. The van der Waals surface area contributed by atoms with Gasteiger partial charge in [0.1, 0.15) is 5.82 Å². The Morgan fingerprint density at radius 1 is 1.42 bits per heavy atom. The van der Waals surface area contributed by atoms with Crippen LogP contribution in [-0.4, -0.2) is 25.2 Å². The van der Waals surface area contributed by atoms with Gasteiger partial charge in [-0.2, -0.15) is 5.26 Å². The normalized spacial score (nSPS) is 15.8. The van der Waals surface area contributed by atoms with Crippen molar-refractivity contribution < 1.29 is 4.39 Å². The minimum absolute atomic E-state index is 0.0815. The molecule has 0 amide bonds. The van der Waals surface area contributed by atoms with Crippen LogP contribution in [0.4, 0.5) is 10.1 Å². The molecule has 0 radical (unpaired) electrons. The number of benzene rings is 1. The smallest absolute Gasteiger partial charge is 0.123 e. The van der Waals surface area contributed by atoms with Crippen molar-refractivity contribution in [1.82, 2.24) is 5.32 Å². The highest BCUT2D eigenvalue weighted by molar-refractivity contribution is 5.46. The summed E-state index contributed by atoms with van der Waals surface area (Å²) >= 11 is 0. The summed E-state index contributed by atoms with van der Waals surface area (Å²) < 4.78 is 12.9. The monoisotopic (exact) mass is 261 g/mol. The van der Waals surface area contributed by atoms with E-state index in [1.807, 2.05) is 0 Å². The van der Waals surface area contributed by atoms with E-state index < -0.39 is 0 Å². The average Bonchev–Trinajstić information content (AvgIpc) is 3.24. The van der Waals surface area contributed by atoms with E-state index in [0.29, 0.717) is 6.04 Å². The summed E-state index contributed by atoms with van der Waals surface area (Å²) in [7, 11) is 0. The maximum Gasteiger partial charge on any atom is 0.123 e. The third kappa shape index (κ3) is 4.22. The Balaban J connectivity index is 1.87. The molecule has 1 aliphatic rings. The minimum atomic E-state index is -0.217. The van der Waals surface area contributed by atoms with Crippen molar-refractivity contribution in [2.75, 3.05) is 18.0 Å². The number of hydrogen-bond acceptors (Lipinski definition) is 3.